The summed E-state index contributed by atoms with van der Waals surface area (Å²) in [5.41, 5.74) is 0.615. The number of carbonyl (C=O) groups excluding carboxylic acids is 1. The number of fused-ring (bicyclic) bond motifs is 7. The number of aliphatic hydroxyl groups is 1. The van der Waals surface area contributed by atoms with Crippen LogP contribution in [0.3, 0.4) is 0 Å². The number of aliphatic hydroxyl groups excluding tert-OH is 1. The molecule has 4 saturated carbocycles. The topological polar surface area (TPSA) is 104 Å². The number of phenols is 1. The summed E-state index contributed by atoms with van der Waals surface area (Å²) in [6.07, 6.45) is 14.6. The number of rotatable bonds is 6. The molecule has 0 aliphatic heterocycles. The lowest BCUT2D eigenvalue weighted by Gasteiger charge is -2.71. The number of benzene rings is 1. The van der Waals surface area contributed by atoms with Crippen molar-refractivity contribution in [3.8, 4) is 11.5 Å². The van der Waals surface area contributed by atoms with E-state index in [1.54, 1.807) is 24.3 Å². The van der Waals surface area contributed by atoms with E-state index in [0.29, 0.717) is 42.8 Å². The number of aliphatic carboxylic acids is 1. The standard InChI is InChI=1S/C39H54O6/c1-24-13-18-38(34(43)44)19-20-39(23-26(40)9-7-25-8-11-29(41)30(22-25)45-6)27(28(38)21-24)10-12-32-36(4)16-15-33(42)35(2,3)31(36)14-17-37(32,39)5/h7-11,22,24,28,31-33,41-42H,12-21,23H2,1-6H3,(H,43,44)/b9-7-/t24-,28+,31+,32-,33+,36+,37-,38+,39+/m1/s1. The Balaban J connectivity index is 1.44. The monoisotopic (exact) mass is 618 g/mol. The smallest absolute Gasteiger partial charge is 0.310 e. The molecule has 6 rings (SSSR count). The molecule has 5 aliphatic rings. The largest absolute Gasteiger partial charge is 0.504 e. The Morgan fingerprint density at radius 3 is 2.47 bits per heavy atom. The Morgan fingerprint density at radius 2 is 1.76 bits per heavy atom. The number of methoxy groups -OCH3 is 1. The molecular formula is C39H54O6. The molecule has 1 aromatic rings. The second-order valence-corrected chi connectivity index (χ2v) is 16.7. The number of hydrogen-bond donors (Lipinski definition) is 3. The van der Waals surface area contributed by atoms with Gasteiger partial charge in [0.2, 0.25) is 0 Å². The molecule has 0 aromatic heterocycles. The Bertz CT molecular complexity index is 1420. The van der Waals surface area contributed by atoms with Crippen molar-refractivity contribution in [2.24, 2.45) is 50.7 Å². The van der Waals surface area contributed by atoms with Crippen LogP contribution < -0.4 is 4.74 Å². The zero-order valence-corrected chi connectivity index (χ0v) is 28.2. The molecule has 6 heteroatoms. The van der Waals surface area contributed by atoms with Gasteiger partial charge in [-0.2, -0.15) is 0 Å². The minimum Gasteiger partial charge on any atom is -0.504 e. The molecule has 0 radical (unpaired) electrons. The van der Waals surface area contributed by atoms with Gasteiger partial charge in [0.25, 0.3) is 0 Å². The van der Waals surface area contributed by atoms with Crippen molar-refractivity contribution in [3.05, 3.63) is 41.5 Å². The van der Waals surface area contributed by atoms with Crippen molar-refractivity contribution < 1.29 is 29.6 Å². The van der Waals surface area contributed by atoms with Gasteiger partial charge >= 0.3 is 5.97 Å². The van der Waals surface area contributed by atoms with Crippen LogP contribution in [-0.4, -0.2) is 40.3 Å². The van der Waals surface area contributed by atoms with E-state index in [1.807, 2.05) is 6.08 Å². The molecule has 9 atom stereocenters. The van der Waals surface area contributed by atoms with Crippen LogP contribution in [-0.2, 0) is 9.59 Å². The normalized spacial score (nSPS) is 42.0. The molecular weight excluding hydrogens is 564 g/mol. The third-order valence-corrected chi connectivity index (χ3v) is 14.6. The van der Waals surface area contributed by atoms with Crippen molar-refractivity contribution in [3.63, 3.8) is 0 Å². The summed E-state index contributed by atoms with van der Waals surface area (Å²) in [5, 5.41) is 31.9. The van der Waals surface area contributed by atoms with Gasteiger partial charge in [0.15, 0.2) is 17.3 Å². The highest BCUT2D eigenvalue weighted by Gasteiger charge is 2.70. The molecule has 0 unspecified atom stereocenters. The van der Waals surface area contributed by atoms with E-state index < -0.39 is 16.8 Å². The van der Waals surface area contributed by atoms with Crippen LogP contribution in [0.5, 0.6) is 11.5 Å². The van der Waals surface area contributed by atoms with Crippen molar-refractivity contribution >= 4 is 17.8 Å². The average molecular weight is 619 g/mol. The number of phenolic OH excluding ortho intramolecular Hbond substituents is 1. The first-order valence-corrected chi connectivity index (χ1v) is 17.3. The van der Waals surface area contributed by atoms with Gasteiger partial charge in [-0.05, 0) is 128 Å². The van der Waals surface area contributed by atoms with Crippen molar-refractivity contribution in [1.82, 2.24) is 0 Å². The molecule has 45 heavy (non-hydrogen) atoms. The number of hydrogen-bond acceptors (Lipinski definition) is 5. The molecule has 0 amide bonds. The number of aromatic hydroxyl groups is 1. The van der Waals surface area contributed by atoms with E-state index in [2.05, 4.69) is 40.7 Å². The Labute approximate surface area is 269 Å². The second kappa shape index (κ2) is 11.0. The Hall–Kier alpha value is -2.60. The predicted octanol–water partition coefficient (Wildman–Crippen LogP) is 8.21. The van der Waals surface area contributed by atoms with Gasteiger partial charge in [0.1, 0.15) is 0 Å². The molecule has 246 valence electrons. The van der Waals surface area contributed by atoms with Gasteiger partial charge in [-0.15, -0.1) is 0 Å². The first kappa shape index (κ1) is 32.3. The first-order chi connectivity index (χ1) is 21.1. The van der Waals surface area contributed by atoms with Gasteiger partial charge < -0.3 is 20.1 Å². The molecule has 0 saturated heterocycles. The summed E-state index contributed by atoms with van der Waals surface area (Å²) in [7, 11) is 1.51. The SMILES string of the molecule is COc1cc(/C=C\C(=O)C[C@@]23CC[C@@]4(C(=O)O)CC[C@@H](C)C[C@H]4C2=CC[C@@H]2[C@@]4(C)CC[C@H](O)C(C)(C)[C@@H]4CC[C@]23C)ccc1O. The van der Waals surface area contributed by atoms with Crippen LogP contribution in [0.15, 0.2) is 35.9 Å². The number of carbonyl (C=O) groups is 2. The number of allylic oxidation sites excluding steroid dienone is 3. The lowest BCUT2D eigenvalue weighted by Crippen LogP contribution is -2.65. The number of carboxylic acid groups (broad SMARTS) is 1. The maximum atomic E-state index is 14.2. The average Bonchev–Trinajstić information content (AvgIpc) is 2.99. The van der Waals surface area contributed by atoms with E-state index in [1.165, 1.54) is 12.7 Å². The van der Waals surface area contributed by atoms with Crippen LogP contribution in [0.4, 0.5) is 0 Å². The van der Waals surface area contributed by atoms with E-state index in [9.17, 15) is 24.9 Å². The highest BCUT2D eigenvalue weighted by atomic mass is 16.5. The number of ether oxygens (including phenoxy) is 1. The second-order valence-electron chi connectivity index (χ2n) is 16.7. The van der Waals surface area contributed by atoms with Crippen LogP contribution in [0.2, 0.25) is 0 Å². The molecule has 3 N–H and O–H groups in total. The van der Waals surface area contributed by atoms with Crippen LogP contribution >= 0.6 is 0 Å². The summed E-state index contributed by atoms with van der Waals surface area (Å²) in [5.74, 6) is 0.998. The van der Waals surface area contributed by atoms with Gasteiger partial charge in [0.05, 0.1) is 18.6 Å². The third kappa shape index (κ3) is 4.66. The Morgan fingerprint density at radius 1 is 1.00 bits per heavy atom. The van der Waals surface area contributed by atoms with E-state index in [0.717, 1.165) is 56.9 Å². The van der Waals surface area contributed by atoms with Gasteiger partial charge in [-0.1, -0.05) is 58.4 Å². The molecule has 5 aliphatic carbocycles. The number of carboxylic acids is 1. The van der Waals surface area contributed by atoms with Crippen molar-refractivity contribution in [2.45, 2.75) is 111 Å². The summed E-state index contributed by atoms with van der Waals surface area (Å²) in [6.45, 7) is 11.7. The lowest BCUT2D eigenvalue weighted by molar-refractivity contribution is -0.208. The van der Waals surface area contributed by atoms with E-state index in [-0.39, 0.29) is 39.8 Å². The maximum Gasteiger partial charge on any atom is 0.310 e. The first-order valence-electron chi connectivity index (χ1n) is 17.3. The van der Waals surface area contributed by atoms with Crippen LogP contribution in [0, 0.1) is 50.7 Å². The van der Waals surface area contributed by atoms with Gasteiger partial charge in [-0.25, -0.2) is 0 Å². The van der Waals surface area contributed by atoms with Gasteiger partial charge in [-0.3, -0.25) is 9.59 Å². The zero-order chi connectivity index (χ0) is 32.6. The minimum absolute atomic E-state index is 0.0351. The van der Waals surface area contributed by atoms with E-state index in [4.69, 9.17) is 4.74 Å². The lowest BCUT2D eigenvalue weighted by atomic mass is 9.33. The summed E-state index contributed by atoms with van der Waals surface area (Å²) >= 11 is 0. The predicted molar refractivity (Wildman–Crippen MR) is 176 cm³/mol. The van der Waals surface area contributed by atoms with Crippen LogP contribution in [0.25, 0.3) is 6.08 Å². The highest BCUT2D eigenvalue weighted by molar-refractivity contribution is 5.94. The van der Waals surface area contributed by atoms with E-state index >= 15 is 0 Å². The van der Waals surface area contributed by atoms with Crippen molar-refractivity contribution in [2.75, 3.05) is 7.11 Å². The fourth-order valence-corrected chi connectivity index (χ4v) is 12.0. The highest BCUT2D eigenvalue weighted by Crippen LogP contribution is 2.76. The molecule has 1 aromatic carbocycles. The quantitative estimate of drug-likeness (QED) is 0.219. The fraction of sp³-hybridized carbons (Fsp3) is 0.692. The van der Waals surface area contributed by atoms with Gasteiger partial charge in [0, 0.05) is 11.8 Å². The number of ketones is 1. The molecule has 0 bridgehead atoms. The molecule has 0 heterocycles. The summed E-state index contributed by atoms with van der Waals surface area (Å²) in [6, 6.07) is 5.08. The van der Waals surface area contributed by atoms with Crippen molar-refractivity contribution in [1.29, 1.82) is 0 Å². The Kier molecular flexibility index (Phi) is 7.90. The summed E-state index contributed by atoms with van der Waals surface area (Å²) in [4.78, 5) is 27.3. The summed E-state index contributed by atoms with van der Waals surface area (Å²) < 4.78 is 5.28. The molecule has 4 fully saturated rings. The zero-order valence-electron chi connectivity index (χ0n) is 28.2. The molecule has 6 nitrogen and oxygen atoms in total. The third-order valence-electron chi connectivity index (χ3n) is 14.6. The maximum absolute atomic E-state index is 14.2. The fourth-order valence-electron chi connectivity index (χ4n) is 12.0. The molecule has 0 spiro atoms. The minimum atomic E-state index is -0.745. The van der Waals surface area contributed by atoms with Crippen LogP contribution in [0.1, 0.15) is 111 Å².